The highest BCUT2D eigenvalue weighted by molar-refractivity contribution is 5.92. The molecule has 2 aromatic rings. The summed E-state index contributed by atoms with van der Waals surface area (Å²) in [5.74, 6) is 0.383. The third-order valence-corrected chi connectivity index (χ3v) is 4.00. The van der Waals surface area contributed by atoms with Gasteiger partial charge in [-0.3, -0.25) is 14.8 Å². The van der Waals surface area contributed by atoms with Crippen LogP contribution in [0.5, 0.6) is 0 Å². The Morgan fingerprint density at radius 3 is 2.91 bits per heavy atom. The number of amides is 1. The van der Waals surface area contributed by atoms with Gasteiger partial charge in [-0.15, -0.1) is 0 Å². The summed E-state index contributed by atoms with van der Waals surface area (Å²) in [6.45, 7) is 2.54. The standard InChI is InChI=1S/C17H20N4O/c22-17(21-12-13-2-1-6-19-11-13)16-10-15(5-9-20-16)14-3-7-18-8-4-14/h1-2,5-6,9-11,14,18H,3-4,7-8,12H2,(H,21,22). The quantitative estimate of drug-likeness (QED) is 0.904. The van der Waals surface area contributed by atoms with Gasteiger partial charge in [0.15, 0.2) is 0 Å². The first-order chi connectivity index (χ1) is 10.8. The number of carbonyl (C=O) groups excluding carboxylic acids is 1. The maximum atomic E-state index is 12.2. The van der Waals surface area contributed by atoms with Gasteiger partial charge in [-0.05, 0) is 61.2 Å². The summed E-state index contributed by atoms with van der Waals surface area (Å²) in [6.07, 6.45) is 7.42. The Labute approximate surface area is 130 Å². The van der Waals surface area contributed by atoms with E-state index in [4.69, 9.17) is 0 Å². The van der Waals surface area contributed by atoms with Crippen molar-refractivity contribution in [3.8, 4) is 0 Å². The van der Waals surface area contributed by atoms with Gasteiger partial charge < -0.3 is 10.6 Å². The molecule has 2 N–H and O–H groups in total. The van der Waals surface area contributed by atoms with Crippen molar-refractivity contribution in [3.05, 3.63) is 59.7 Å². The summed E-state index contributed by atoms with van der Waals surface area (Å²) >= 11 is 0. The Morgan fingerprint density at radius 1 is 1.27 bits per heavy atom. The van der Waals surface area contributed by atoms with Crippen molar-refractivity contribution in [1.29, 1.82) is 0 Å². The molecule has 1 amide bonds. The molecule has 2 aromatic heterocycles. The third-order valence-electron chi connectivity index (χ3n) is 4.00. The maximum absolute atomic E-state index is 12.2. The monoisotopic (exact) mass is 296 g/mol. The number of rotatable bonds is 4. The molecular formula is C17H20N4O. The van der Waals surface area contributed by atoms with Crippen molar-refractivity contribution in [2.45, 2.75) is 25.3 Å². The fraction of sp³-hybridized carbons (Fsp3) is 0.353. The number of hydrogen-bond acceptors (Lipinski definition) is 4. The lowest BCUT2D eigenvalue weighted by Crippen LogP contribution is -2.27. The van der Waals surface area contributed by atoms with Gasteiger partial charge in [0.1, 0.15) is 5.69 Å². The van der Waals surface area contributed by atoms with E-state index in [1.807, 2.05) is 24.3 Å². The van der Waals surface area contributed by atoms with E-state index in [-0.39, 0.29) is 5.91 Å². The van der Waals surface area contributed by atoms with Crippen LogP contribution in [0.15, 0.2) is 42.9 Å². The summed E-state index contributed by atoms with van der Waals surface area (Å²) in [6, 6.07) is 7.74. The minimum atomic E-state index is -0.139. The van der Waals surface area contributed by atoms with Gasteiger partial charge in [0.05, 0.1) is 0 Å². The van der Waals surface area contributed by atoms with Crippen molar-refractivity contribution in [3.63, 3.8) is 0 Å². The smallest absolute Gasteiger partial charge is 0.270 e. The molecular weight excluding hydrogens is 276 g/mol. The van der Waals surface area contributed by atoms with Crippen LogP contribution in [0.1, 0.15) is 40.4 Å². The molecule has 0 atom stereocenters. The van der Waals surface area contributed by atoms with E-state index in [0.717, 1.165) is 31.5 Å². The van der Waals surface area contributed by atoms with E-state index in [9.17, 15) is 4.79 Å². The molecule has 0 aromatic carbocycles. The second-order valence-corrected chi connectivity index (χ2v) is 5.54. The lowest BCUT2D eigenvalue weighted by atomic mass is 9.90. The fourth-order valence-corrected chi connectivity index (χ4v) is 2.76. The van der Waals surface area contributed by atoms with Crippen molar-refractivity contribution in [2.24, 2.45) is 0 Å². The van der Waals surface area contributed by atoms with E-state index in [0.29, 0.717) is 18.2 Å². The summed E-state index contributed by atoms with van der Waals surface area (Å²) in [5.41, 5.74) is 2.67. The first-order valence-electron chi connectivity index (χ1n) is 7.67. The van der Waals surface area contributed by atoms with Crippen LogP contribution in [-0.4, -0.2) is 29.0 Å². The van der Waals surface area contributed by atoms with Gasteiger partial charge in [-0.25, -0.2) is 0 Å². The number of aromatic nitrogens is 2. The molecule has 5 nitrogen and oxygen atoms in total. The average Bonchev–Trinajstić information content (AvgIpc) is 2.61. The minimum Gasteiger partial charge on any atom is -0.347 e. The third kappa shape index (κ3) is 3.68. The minimum absolute atomic E-state index is 0.139. The van der Waals surface area contributed by atoms with Crippen molar-refractivity contribution >= 4 is 5.91 Å². The van der Waals surface area contributed by atoms with E-state index in [1.54, 1.807) is 18.6 Å². The highest BCUT2D eigenvalue weighted by Crippen LogP contribution is 2.25. The zero-order valence-corrected chi connectivity index (χ0v) is 12.5. The van der Waals surface area contributed by atoms with E-state index in [2.05, 4.69) is 20.6 Å². The number of piperidine rings is 1. The van der Waals surface area contributed by atoms with Crippen molar-refractivity contribution in [2.75, 3.05) is 13.1 Å². The zero-order valence-electron chi connectivity index (χ0n) is 12.5. The Morgan fingerprint density at radius 2 is 2.14 bits per heavy atom. The molecule has 0 unspecified atom stereocenters. The van der Waals surface area contributed by atoms with Gasteiger partial charge in [-0.2, -0.15) is 0 Å². The topological polar surface area (TPSA) is 66.9 Å². The average molecular weight is 296 g/mol. The Balaban J connectivity index is 1.64. The highest BCUT2D eigenvalue weighted by atomic mass is 16.1. The van der Waals surface area contributed by atoms with Gasteiger partial charge in [-0.1, -0.05) is 6.07 Å². The normalized spacial score (nSPS) is 15.5. The Bertz CT molecular complexity index is 624. The molecule has 5 heteroatoms. The second kappa shape index (κ2) is 7.13. The van der Waals surface area contributed by atoms with Gasteiger partial charge in [0.25, 0.3) is 5.91 Å². The molecule has 22 heavy (non-hydrogen) atoms. The Hall–Kier alpha value is -2.27. The molecule has 3 heterocycles. The van der Waals surface area contributed by atoms with E-state index >= 15 is 0 Å². The second-order valence-electron chi connectivity index (χ2n) is 5.54. The van der Waals surface area contributed by atoms with Crippen molar-refractivity contribution in [1.82, 2.24) is 20.6 Å². The number of nitrogens with one attached hydrogen (secondary N) is 2. The van der Waals surface area contributed by atoms with Crippen LogP contribution in [0.3, 0.4) is 0 Å². The summed E-state index contributed by atoms with van der Waals surface area (Å²) in [4.78, 5) is 20.5. The molecule has 1 aliphatic heterocycles. The molecule has 0 saturated carbocycles. The largest absolute Gasteiger partial charge is 0.347 e. The lowest BCUT2D eigenvalue weighted by molar-refractivity contribution is 0.0945. The van der Waals surface area contributed by atoms with Gasteiger partial charge >= 0.3 is 0 Å². The summed E-state index contributed by atoms with van der Waals surface area (Å²) in [5, 5.41) is 6.25. The SMILES string of the molecule is O=C(NCc1cccnc1)c1cc(C2CCNCC2)ccn1. The van der Waals surface area contributed by atoms with Crippen LogP contribution in [-0.2, 0) is 6.54 Å². The molecule has 0 spiro atoms. The summed E-state index contributed by atoms with van der Waals surface area (Å²) < 4.78 is 0. The molecule has 1 saturated heterocycles. The fourth-order valence-electron chi connectivity index (χ4n) is 2.76. The van der Waals surface area contributed by atoms with E-state index < -0.39 is 0 Å². The number of nitrogens with zero attached hydrogens (tertiary/aromatic N) is 2. The molecule has 0 aliphatic carbocycles. The number of carbonyl (C=O) groups is 1. The predicted molar refractivity (Wildman–Crippen MR) is 84.5 cm³/mol. The molecule has 114 valence electrons. The molecule has 1 fully saturated rings. The molecule has 1 aliphatic rings. The first kappa shape index (κ1) is 14.7. The van der Waals surface area contributed by atoms with Gasteiger partial charge in [0, 0.05) is 25.1 Å². The lowest BCUT2D eigenvalue weighted by Gasteiger charge is -2.23. The summed E-state index contributed by atoms with van der Waals surface area (Å²) in [7, 11) is 0. The van der Waals surface area contributed by atoms with Crippen LogP contribution in [0, 0.1) is 0 Å². The van der Waals surface area contributed by atoms with Crippen LogP contribution in [0.2, 0.25) is 0 Å². The Kier molecular flexibility index (Phi) is 4.75. The molecule has 0 bridgehead atoms. The van der Waals surface area contributed by atoms with Crippen molar-refractivity contribution < 1.29 is 4.79 Å². The molecule has 3 rings (SSSR count). The number of hydrogen-bond donors (Lipinski definition) is 2. The highest BCUT2D eigenvalue weighted by Gasteiger charge is 2.17. The first-order valence-corrected chi connectivity index (χ1v) is 7.67. The maximum Gasteiger partial charge on any atom is 0.270 e. The molecule has 0 radical (unpaired) electrons. The van der Waals surface area contributed by atoms with Crippen LogP contribution in [0.4, 0.5) is 0 Å². The zero-order chi connectivity index (χ0) is 15.2. The van der Waals surface area contributed by atoms with Crippen LogP contribution >= 0.6 is 0 Å². The van der Waals surface area contributed by atoms with E-state index in [1.165, 1.54) is 5.56 Å². The van der Waals surface area contributed by atoms with Crippen LogP contribution in [0.25, 0.3) is 0 Å². The predicted octanol–water partition coefficient (Wildman–Crippen LogP) is 1.87. The van der Waals surface area contributed by atoms with Gasteiger partial charge in [0.2, 0.25) is 0 Å². The number of pyridine rings is 2. The van der Waals surface area contributed by atoms with Crippen LogP contribution < -0.4 is 10.6 Å².